The van der Waals surface area contributed by atoms with Gasteiger partial charge in [-0.15, -0.1) is 0 Å². The highest BCUT2D eigenvalue weighted by Gasteiger charge is 2.23. The molecule has 1 saturated carbocycles. The van der Waals surface area contributed by atoms with Gasteiger partial charge in [-0.05, 0) is 43.4 Å². The minimum absolute atomic E-state index is 0.135. The number of nitrogens with zero attached hydrogens (tertiary/aromatic N) is 2. The molecular weight excluding hydrogens is 354 g/mol. The lowest BCUT2D eigenvalue weighted by Crippen LogP contribution is -2.41. The Morgan fingerprint density at radius 3 is 2.54 bits per heavy atom. The van der Waals surface area contributed by atoms with E-state index in [0.29, 0.717) is 6.54 Å². The molecule has 6 nitrogen and oxygen atoms in total. The average molecular weight is 392 g/mol. The second-order valence-electron chi connectivity index (χ2n) is 8.06. The molecular formula is C22H37N3O3. The van der Waals surface area contributed by atoms with Gasteiger partial charge in [0.25, 0.3) is 0 Å². The molecule has 158 valence electrons. The number of nitrogens with one attached hydrogen (secondary N) is 1. The van der Waals surface area contributed by atoms with Crippen LogP contribution in [0.25, 0.3) is 0 Å². The number of methoxy groups -OCH3 is 2. The molecule has 2 rings (SSSR count). The Morgan fingerprint density at radius 1 is 1.21 bits per heavy atom. The lowest BCUT2D eigenvalue weighted by Gasteiger charge is -2.27. The van der Waals surface area contributed by atoms with Crippen LogP contribution in [0.1, 0.15) is 39.2 Å². The maximum atomic E-state index is 5.77. The number of aliphatic imine (C=N–C) groups is 1. The summed E-state index contributed by atoms with van der Waals surface area (Å²) in [5, 5.41) is 3.38. The molecule has 1 N–H and O–H groups in total. The van der Waals surface area contributed by atoms with Crippen molar-refractivity contribution in [2.45, 2.75) is 39.0 Å². The monoisotopic (exact) mass is 391 g/mol. The quantitative estimate of drug-likeness (QED) is 0.356. The summed E-state index contributed by atoms with van der Waals surface area (Å²) in [6.45, 7) is 10.4. The van der Waals surface area contributed by atoms with E-state index in [2.05, 4.69) is 44.1 Å². The molecule has 0 radical (unpaired) electrons. The Kier molecular flexibility index (Phi) is 8.42. The Hall–Kier alpha value is -1.95. The molecule has 1 aromatic carbocycles. The first-order valence-electron chi connectivity index (χ1n) is 10.2. The molecule has 28 heavy (non-hydrogen) atoms. The van der Waals surface area contributed by atoms with Gasteiger partial charge in [-0.1, -0.05) is 19.9 Å². The normalized spacial score (nSPS) is 14.7. The van der Waals surface area contributed by atoms with E-state index >= 15 is 0 Å². The summed E-state index contributed by atoms with van der Waals surface area (Å²) in [5.41, 5.74) is 1.03. The molecule has 0 aromatic heterocycles. The summed E-state index contributed by atoms with van der Waals surface area (Å²) in [6, 6.07) is 6.07. The number of rotatable bonds is 11. The van der Waals surface area contributed by atoms with E-state index in [1.54, 1.807) is 14.2 Å². The zero-order valence-corrected chi connectivity index (χ0v) is 18.4. The summed E-state index contributed by atoms with van der Waals surface area (Å²) < 4.78 is 16.6. The van der Waals surface area contributed by atoms with E-state index in [4.69, 9.17) is 19.2 Å². The maximum Gasteiger partial charge on any atom is 0.193 e. The molecule has 1 aromatic rings. The SMILES string of the molecule is CCNC(=NCC(C)(C)c1ccc(OC)c(OC)c1)N(C)CCOCC1CC1. The third kappa shape index (κ3) is 6.59. The van der Waals surface area contributed by atoms with E-state index < -0.39 is 0 Å². The van der Waals surface area contributed by atoms with Crippen LogP contribution in [-0.4, -0.2) is 65.0 Å². The summed E-state index contributed by atoms with van der Waals surface area (Å²) >= 11 is 0. The van der Waals surface area contributed by atoms with Gasteiger partial charge in [0.1, 0.15) is 0 Å². The molecule has 1 fully saturated rings. The van der Waals surface area contributed by atoms with Gasteiger partial charge >= 0.3 is 0 Å². The molecule has 0 bridgehead atoms. The predicted molar refractivity (Wildman–Crippen MR) is 115 cm³/mol. The molecule has 0 saturated heterocycles. The molecule has 1 aliphatic carbocycles. The molecule has 0 unspecified atom stereocenters. The van der Waals surface area contributed by atoms with E-state index in [-0.39, 0.29) is 5.41 Å². The van der Waals surface area contributed by atoms with Crippen LogP contribution in [0.2, 0.25) is 0 Å². The number of hydrogen-bond acceptors (Lipinski definition) is 4. The first-order valence-corrected chi connectivity index (χ1v) is 10.2. The molecule has 0 amide bonds. The van der Waals surface area contributed by atoms with Crippen LogP contribution in [-0.2, 0) is 10.2 Å². The highest BCUT2D eigenvalue weighted by atomic mass is 16.5. The summed E-state index contributed by atoms with van der Waals surface area (Å²) in [4.78, 5) is 7.03. The Bertz CT molecular complexity index is 642. The number of hydrogen-bond donors (Lipinski definition) is 1. The van der Waals surface area contributed by atoms with Gasteiger partial charge in [0, 0.05) is 32.2 Å². The smallest absolute Gasteiger partial charge is 0.193 e. The fraction of sp³-hybridized carbons (Fsp3) is 0.682. The average Bonchev–Trinajstić information content (AvgIpc) is 3.52. The highest BCUT2D eigenvalue weighted by Crippen LogP contribution is 2.33. The van der Waals surface area contributed by atoms with E-state index in [1.807, 2.05) is 12.1 Å². The molecule has 6 heteroatoms. The van der Waals surface area contributed by atoms with Crippen LogP contribution >= 0.6 is 0 Å². The van der Waals surface area contributed by atoms with Crippen molar-refractivity contribution in [2.24, 2.45) is 10.9 Å². The zero-order valence-electron chi connectivity index (χ0n) is 18.4. The van der Waals surface area contributed by atoms with E-state index in [1.165, 1.54) is 18.4 Å². The molecule has 0 aliphatic heterocycles. The van der Waals surface area contributed by atoms with Gasteiger partial charge < -0.3 is 24.4 Å². The second kappa shape index (κ2) is 10.6. The van der Waals surface area contributed by atoms with Gasteiger partial charge in [-0.3, -0.25) is 4.99 Å². The Labute approximate surface area is 170 Å². The first kappa shape index (κ1) is 22.3. The Balaban J connectivity index is 2.00. The number of ether oxygens (including phenoxy) is 3. The number of benzene rings is 1. The van der Waals surface area contributed by atoms with Crippen molar-refractivity contribution in [3.63, 3.8) is 0 Å². The van der Waals surface area contributed by atoms with Gasteiger partial charge in [0.05, 0.1) is 27.4 Å². The largest absolute Gasteiger partial charge is 0.493 e. The Morgan fingerprint density at radius 2 is 1.93 bits per heavy atom. The van der Waals surface area contributed by atoms with Crippen molar-refractivity contribution >= 4 is 5.96 Å². The minimum Gasteiger partial charge on any atom is -0.493 e. The third-order valence-corrected chi connectivity index (χ3v) is 5.11. The van der Waals surface area contributed by atoms with Crippen molar-refractivity contribution in [1.82, 2.24) is 10.2 Å². The maximum absolute atomic E-state index is 5.77. The summed E-state index contributed by atoms with van der Waals surface area (Å²) in [7, 11) is 5.38. The van der Waals surface area contributed by atoms with Gasteiger partial charge in [0.15, 0.2) is 17.5 Å². The van der Waals surface area contributed by atoms with Crippen molar-refractivity contribution in [3.8, 4) is 11.5 Å². The van der Waals surface area contributed by atoms with Crippen molar-refractivity contribution in [3.05, 3.63) is 23.8 Å². The standard InChI is InChI=1S/C22H37N3O3/c1-7-23-21(25(4)12-13-28-15-17-8-9-17)24-16-22(2,3)18-10-11-19(26-5)20(14-18)27-6/h10-11,14,17H,7-9,12-13,15-16H2,1-6H3,(H,23,24). The summed E-state index contributed by atoms with van der Waals surface area (Å²) in [5.74, 6) is 3.19. The molecule has 1 aliphatic rings. The summed E-state index contributed by atoms with van der Waals surface area (Å²) in [6.07, 6.45) is 2.65. The third-order valence-electron chi connectivity index (χ3n) is 5.11. The van der Waals surface area contributed by atoms with Gasteiger partial charge in [-0.2, -0.15) is 0 Å². The van der Waals surface area contributed by atoms with Crippen LogP contribution in [0.5, 0.6) is 11.5 Å². The van der Waals surface area contributed by atoms with Crippen LogP contribution in [0, 0.1) is 5.92 Å². The van der Waals surface area contributed by atoms with Crippen LogP contribution < -0.4 is 14.8 Å². The van der Waals surface area contributed by atoms with E-state index in [9.17, 15) is 0 Å². The lowest BCUT2D eigenvalue weighted by atomic mass is 9.84. The zero-order chi connectivity index (χ0) is 20.6. The molecule has 0 spiro atoms. The molecule has 0 heterocycles. The fourth-order valence-corrected chi connectivity index (χ4v) is 2.93. The van der Waals surface area contributed by atoms with Crippen molar-refractivity contribution in [1.29, 1.82) is 0 Å². The van der Waals surface area contributed by atoms with Gasteiger partial charge in [-0.25, -0.2) is 0 Å². The molecule has 0 atom stereocenters. The first-order chi connectivity index (χ1) is 13.4. The number of likely N-dealkylation sites (N-methyl/N-ethyl adjacent to an activating group) is 1. The predicted octanol–water partition coefficient (Wildman–Crippen LogP) is 3.31. The van der Waals surface area contributed by atoms with Crippen LogP contribution in [0.15, 0.2) is 23.2 Å². The van der Waals surface area contributed by atoms with Crippen molar-refractivity contribution in [2.75, 3.05) is 54.1 Å². The van der Waals surface area contributed by atoms with Crippen molar-refractivity contribution < 1.29 is 14.2 Å². The van der Waals surface area contributed by atoms with Crippen LogP contribution in [0.3, 0.4) is 0 Å². The van der Waals surface area contributed by atoms with Crippen LogP contribution in [0.4, 0.5) is 0 Å². The number of guanidine groups is 1. The second-order valence-corrected chi connectivity index (χ2v) is 8.06. The topological polar surface area (TPSA) is 55.3 Å². The minimum atomic E-state index is -0.135. The van der Waals surface area contributed by atoms with Gasteiger partial charge in [0.2, 0.25) is 0 Å². The fourth-order valence-electron chi connectivity index (χ4n) is 2.93. The van der Waals surface area contributed by atoms with E-state index in [0.717, 1.165) is 49.7 Å². The highest BCUT2D eigenvalue weighted by molar-refractivity contribution is 5.79. The lowest BCUT2D eigenvalue weighted by molar-refractivity contribution is 0.115.